The lowest BCUT2D eigenvalue weighted by atomic mass is 9.91. The molecule has 1 heterocycles. The average molecular weight is 257 g/mol. The monoisotopic (exact) mass is 257 g/mol. The fourth-order valence-electron chi connectivity index (χ4n) is 2.46. The van der Waals surface area contributed by atoms with Crippen molar-refractivity contribution in [1.82, 2.24) is 0 Å². The lowest BCUT2D eigenvalue weighted by Crippen LogP contribution is -2.02. The Kier molecular flexibility index (Phi) is 2.71. The predicted molar refractivity (Wildman–Crippen MR) is 76.7 cm³/mol. The summed E-state index contributed by atoms with van der Waals surface area (Å²) in [5.41, 5.74) is 5.16. The van der Waals surface area contributed by atoms with Gasteiger partial charge in [-0.15, -0.1) is 11.3 Å². The Morgan fingerprint density at radius 3 is 2.72 bits per heavy atom. The largest absolute Gasteiger partial charge is 0.388 e. The summed E-state index contributed by atoms with van der Waals surface area (Å²) in [7, 11) is 1.94. The molecule has 1 N–H and O–H groups in total. The first-order chi connectivity index (χ1) is 8.69. The second-order valence-corrected chi connectivity index (χ2v) is 5.70. The maximum absolute atomic E-state index is 11.5. The molecule has 0 saturated carbocycles. The Balaban J connectivity index is 2.13. The number of carbonyl (C=O) groups is 1. The maximum atomic E-state index is 11.5. The van der Waals surface area contributed by atoms with Crippen LogP contribution in [0.4, 0.5) is 5.69 Å². The highest BCUT2D eigenvalue weighted by Gasteiger charge is 2.20. The fraction of sp³-hybridized carbons (Fsp3) is 0.267. The molecule has 0 spiro atoms. The van der Waals surface area contributed by atoms with Gasteiger partial charge in [0, 0.05) is 17.6 Å². The van der Waals surface area contributed by atoms with Crippen molar-refractivity contribution in [3.63, 3.8) is 0 Å². The van der Waals surface area contributed by atoms with Gasteiger partial charge in [-0.1, -0.05) is 6.07 Å². The van der Waals surface area contributed by atoms with E-state index >= 15 is 0 Å². The summed E-state index contributed by atoms with van der Waals surface area (Å²) in [5.74, 6) is 0.169. The highest BCUT2D eigenvalue weighted by molar-refractivity contribution is 7.17. The number of thiophene rings is 1. The van der Waals surface area contributed by atoms with E-state index in [9.17, 15) is 4.79 Å². The Morgan fingerprint density at radius 2 is 2.00 bits per heavy atom. The number of nitrogens with one attached hydrogen (secondary N) is 1. The van der Waals surface area contributed by atoms with Gasteiger partial charge in [0.05, 0.1) is 4.88 Å². The molecule has 92 valence electrons. The van der Waals surface area contributed by atoms with E-state index in [0.717, 1.165) is 23.4 Å². The number of benzene rings is 1. The lowest BCUT2D eigenvalue weighted by Gasteiger charge is -2.17. The van der Waals surface area contributed by atoms with Gasteiger partial charge in [0.15, 0.2) is 5.78 Å². The summed E-state index contributed by atoms with van der Waals surface area (Å²) in [5, 5.41) is 3.17. The van der Waals surface area contributed by atoms with Crippen LogP contribution in [0, 0.1) is 0 Å². The fourth-order valence-corrected chi connectivity index (χ4v) is 3.63. The second-order valence-electron chi connectivity index (χ2n) is 4.64. The zero-order valence-corrected chi connectivity index (χ0v) is 11.4. The molecule has 1 aromatic carbocycles. The number of Topliss-reactive ketones (excluding diaryl/α,β-unsaturated/α-hetero) is 1. The molecule has 3 heteroatoms. The van der Waals surface area contributed by atoms with Crippen LogP contribution in [0.1, 0.15) is 27.7 Å². The smallest absolute Gasteiger partial charge is 0.169 e. The SMILES string of the molecule is CNc1ccc2c(c1)CCc1cc(C(C)=O)sc1-2. The number of hydrogen-bond donors (Lipinski definition) is 1. The summed E-state index contributed by atoms with van der Waals surface area (Å²) in [6, 6.07) is 8.54. The Labute approximate surface area is 111 Å². The van der Waals surface area contributed by atoms with Gasteiger partial charge in [0.1, 0.15) is 0 Å². The molecular formula is C15H15NOS. The number of carbonyl (C=O) groups excluding carboxylic acids is 1. The van der Waals surface area contributed by atoms with Gasteiger partial charge < -0.3 is 5.32 Å². The number of fused-ring (bicyclic) bond motifs is 3. The van der Waals surface area contributed by atoms with Crippen molar-refractivity contribution >= 4 is 22.8 Å². The van der Waals surface area contributed by atoms with E-state index in [2.05, 4.69) is 29.6 Å². The van der Waals surface area contributed by atoms with Gasteiger partial charge in [0.25, 0.3) is 0 Å². The zero-order chi connectivity index (χ0) is 12.7. The third kappa shape index (κ3) is 1.75. The van der Waals surface area contributed by atoms with Crippen molar-refractivity contribution < 1.29 is 4.79 Å². The van der Waals surface area contributed by atoms with Crippen LogP contribution in [0.15, 0.2) is 24.3 Å². The van der Waals surface area contributed by atoms with Gasteiger partial charge in [-0.2, -0.15) is 0 Å². The second kappa shape index (κ2) is 4.25. The molecule has 1 aromatic heterocycles. The van der Waals surface area contributed by atoms with E-state index in [-0.39, 0.29) is 5.78 Å². The lowest BCUT2D eigenvalue weighted by molar-refractivity contribution is 0.102. The molecule has 0 aliphatic heterocycles. The maximum Gasteiger partial charge on any atom is 0.169 e. The zero-order valence-electron chi connectivity index (χ0n) is 10.5. The van der Waals surface area contributed by atoms with Crippen molar-refractivity contribution in [2.75, 3.05) is 12.4 Å². The quantitative estimate of drug-likeness (QED) is 0.830. The van der Waals surface area contributed by atoms with Gasteiger partial charge in [-0.25, -0.2) is 0 Å². The molecule has 1 aliphatic carbocycles. The van der Waals surface area contributed by atoms with E-state index in [4.69, 9.17) is 0 Å². The molecule has 2 nitrogen and oxygen atoms in total. The standard InChI is InChI=1S/C15H15NOS/c1-9(17)14-8-11-4-3-10-7-12(16-2)5-6-13(10)15(11)18-14/h5-8,16H,3-4H2,1-2H3. The van der Waals surface area contributed by atoms with Gasteiger partial charge in [0.2, 0.25) is 0 Å². The minimum absolute atomic E-state index is 0.169. The predicted octanol–water partition coefficient (Wildman–Crippen LogP) is 3.76. The number of hydrogen-bond acceptors (Lipinski definition) is 3. The van der Waals surface area contributed by atoms with Crippen LogP contribution in [0.3, 0.4) is 0 Å². The van der Waals surface area contributed by atoms with Crippen LogP contribution in [-0.4, -0.2) is 12.8 Å². The summed E-state index contributed by atoms with van der Waals surface area (Å²) in [4.78, 5) is 13.6. The Hall–Kier alpha value is -1.61. The molecule has 0 bridgehead atoms. The first kappa shape index (κ1) is 11.5. The van der Waals surface area contributed by atoms with Crippen LogP contribution < -0.4 is 5.32 Å². The minimum atomic E-state index is 0.169. The molecule has 18 heavy (non-hydrogen) atoms. The van der Waals surface area contributed by atoms with E-state index in [1.54, 1.807) is 18.3 Å². The van der Waals surface area contributed by atoms with E-state index in [1.807, 2.05) is 7.05 Å². The first-order valence-corrected chi connectivity index (χ1v) is 6.95. The minimum Gasteiger partial charge on any atom is -0.388 e. The molecule has 0 radical (unpaired) electrons. The van der Waals surface area contributed by atoms with Crippen LogP contribution in [0.2, 0.25) is 0 Å². The van der Waals surface area contributed by atoms with Gasteiger partial charge in [-0.3, -0.25) is 4.79 Å². The molecule has 0 unspecified atom stereocenters. The molecule has 0 saturated heterocycles. The Bertz CT molecular complexity index is 627. The van der Waals surface area contributed by atoms with Crippen molar-refractivity contribution in [2.45, 2.75) is 19.8 Å². The summed E-state index contributed by atoms with van der Waals surface area (Å²) in [6.45, 7) is 1.64. The van der Waals surface area contributed by atoms with Gasteiger partial charge in [-0.05, 0) is 54.7 Å². The average Bonchev–Trinajstić information content (AvgIpc) is 2.82. The Morgan fingerprint density at radius 1 is 1.22 bits per heavy atom. The number of aryl methyl sites for hydroxylation is 2. The van der Waals surface area contributed by atoms with Crippen LogP contribution in [-0.2, 0) is 12.8 Å². The summed E-state index contributed by atoms with van der Waals surface area (Å²) in [6.07, 6.45) is 2.10. The molecule has 0 amide bonds. The number of rotatable bonds is 2. The highest BCUT2D eigenvalue weighted by Crippen LogP contribution is 2.40. The van der Waals surface area contributed by atoms with Crippen molar-refractivity contribution in [3.05, 3.63) is 40.3 Å². The van der Waals surface area contributed by atoms with Gasteiger partial charge >= 0.3 is 0 Å². The summed E-state index contributed by atoms with van der Waals surface area (Å²) >= 11 is 1.63. The third-order valence-corrected chi connectivity index (χ3v) is 4.77. The molecule has 1 aliphatic rings. The number of anilines is 1. The van der Waals surface area contributed by atoms with E-state index in [1.165, 1.54) is 21.6 Å². The number of ketones is 1. The molecule has 0 atom stereocenters. The van der Waals surface area contributed by atoms with Crippen LogP contribution >= 0.6 is 11.3 Å². The van der Waals surface area contributed by atoms with Crippen LogP contribution in [0.5, 0.6) is 0 Å². The molecule has 3 rings (SSSR count). The molecule has 2 aromatic rings. The third-order valence-electron chi connectivity index (χ3n) is 3.46. The van der Waals surface area contributed by atoms with E-state index < -0.39 is 0 Å². The first-order valence-electron chi connectivity index (χ1n) is 6.13. The van der Waals surface area contributed by atoms with Crippen molar-refractivity contribution in [1.29, 1.82) is 0 Å². The summed E-state index contributed by atoms with van der Waals surface area (Å²) < 4.78 is 0. The topological polar surface area (TPSA) is 29.1 Å². The van der Waals surface area contributed by atoms with Crippen LogP contribution in [0.25, 0.3) is 10.4 Å². The highest BCUT2D eigenvalue weighted by atomic mass is 32.1. The molecule has 0 fully saturated rings. The normalized spacial score (nSPS) is 12.8. The van der Waals surface area contributed by atoms with Crippen molar-refractivity contribution in [3.8, 4) is 10.4 Å². The van der Waals surface area contributed by atoms with Crippen molar-refractivity contribution in [2.24, 2.45) is 0 Å². The van der Waals surface area contributed by atoms with E-state index in [0.29, 0.717) is 0 Å². The molecular weight excluding hydrogens is 242 g/mol.